The number of hydrogen-bond acceptors (Lipinski definition) is 3. The SMILES string of the molecule is Cc1ccc(Br)c(Nc2c(N)cnc3ccccc23)c1. The molecule has 0 amide bonds. The summed E-state index contributed by atoms with van der Waals surface area (Å²) in [6, 6.07) is 14.1. The van der Waals surface area contributed by atoms with Gasteiger partial charge in [0.15, 0.2) is 0 Å². The van der Waals surface area contributed by atoms with Gasteiger partial charge >= 0.3 is 0 Å². The van der Waals surface area contributed by atoms with E-state index in [9.17, 15) is 0 Å². The van der Waals surface area contributed by atoms with Crippen molar-refractivity contribution in [3.05, 3.63) is 58.7 Å². The number of nitrogens with one attached hydrogen (secondary N) is 1. The minimum atomic E-state index is 0.636. The van der Waals surface area contributed by atoms with Crippen molar-refractivity contribution in [2.24, 2.45) is 0 Å². The Bertz CT molecular complexity index is 784. The van der Waals surface area contributed by atoms with Crippen LogP contribution in [-0.2, 0) is 0 Å². The van der Waals surface area contributed by atoms with E-state index < -0.39 is 0 Å². The van der Waals surface area contributed by atoms with Crippen molar-refractivity contribution >= 4 is 43.9 Å². The Morgan fingerprint density at radius 1 is 1.15 bits per heavy atom. The van der Waals surface area contributed by atoms with E-state index in [0.29, 0.717) is 5.69 Å². The van der Waals surface area contributed by atoms with Gasteiger partial charge in [0.25, 0.3) is 0 Å². The first-order chi connectivity index (χ1) is 9.65. The lowest BCUT2D eigenvalue weighted by Crippen LogP contribution is -1.99. The van der Waals surface area contributed by atoms with Gasteiger partial charge in [0.05, 0.1) is 28.8 Å². The maximum atomic E-state index is 6.08. The first-order valence-corrected chi connectivity index (χ1v) is 7.11. The van der Waals surface area contributed by atoms with Crippen molar-refractivity contribution in [3.8, 4) is 0 Å². The quantitative estimate of drug-likeness (QED) is 0.721. The molecule has 1 aromatic heterocycles. The molecule has 0 fully saturated rings. The van der Waals surface area contributed by atoms with Gasteiger partial charge in [-0.15, -0.1) is 0 Å². The van der Waals surface area contributed by atoms with Crippen LogP contribution in [0.2, 0.25) is 0 Å². The predicted molar refractivity (Wildman–Crippen MR) is 88.3 cm³/mol. The number of nitrogens with two attached hydrogens (primary N) is 1. The van der Waals surface area contributed by atoms with E-state index in [4.69, 9.17) is 5.73 Å². The second-order valence-electron chi connectivity index (χ2n) is 4.71. The Balaban J connectivity index is 2.15. The van der Waals surface area contributed by atoms with E-state index in [1.54, 1.807) is 6.20 Å². The van der Waals surface area contributed by atoms with Crippen LogP contribution in [0.1, 0.15) is 5.56 Å². The molecule has 0 atom stereocenters. The van der Waals surface area contributed by atoms with Crippen LogP contribution in [0.25, 0.3) is 10.9 Å². The molecule has 0 radical (unpaired) electrons. The monoisotopic (exact) mass is 327 g/mol. The number of para-hydroxylation sites is 1. The molecule has 0 saturated heterocycles. The normalized spacial score (nSPS) is 10.7. The number of aryl methyl sites for hydroxylation is 1. The number of anilines is 3. The van der Waals surface area contributed by atoms with E-state index in [1.165, 1.54) is 5.56 Å². The summed E-state index contributed by atoms with van der Waals surface area (Å²) in [7, 11) is 0. The number of halogens is 1. The fraction of sp³-hybridized carbons (Fsp3) is 0.0625. The summed E-state index contributed by atoms with van der Waals surface area (Å²) in [6.07, 6.45) is 1.69. The van der Waals surface area contributed by atoms with E-state index in [0.717, 1.165) is 26.8 Å². The van der Waals surface area contributed by atoms with Crippen molar-refractivity contribution in [3.63, 3.8) is 0 Å². The zero-order valence-electron chi connectivity index (χ0n) is 11.0. The van der Waals surface area contributed by atoms with Crippen molar-refractivity contribution < 1.29 is 0 Å². The molecule has 0 bridgehead atoms. The summed E-state index contributed by atoms with van der Waals surface area (Å²) >= 11 is 3.56. The summed E-state index contributed by atoms with van der Waals surface area (Å²) in [4.78, 5) is 4.35. The third kappa shape index (κ3) is 2.34. The number of nitrogens with zero attached hydrogens (tertiary/aromatic N) is 1. The molecule has 3 N–H and O–H groups in total. The Morgan fingerprint density at radius 3 is 2.80 bits per heavy atom. The van der Waals surface area contributed by atoms with Crippen molar-refractivity contribution in [1.82, 2.24) is 4.98 Å². The summed E-state index contributed by atoms with van der Waals surface area (Å²) in [5.74, 6) is 0. The van der Waals surface area contributed by atoms with Crippen LogP contribution >= 0.6 is 15.9 Å². The van der Waals surface area contributed by atoms with Gasteiger partial charge in [-0.2, -0.15) is 0 Å². The fourth-order valence-electron chi connectivity index (χ4n) is 2.17. The number of hydrogen-bond donors (Lipinski definition) is 2. The average molecular weight is 328 g/mol. The average Bonchev–Trinajstić information content (AvgIpc) is 2.46. The molecule has 0 spiro atoms. The number of aromatic nitrogens is 1. The first kappa shape index (κ1) is 12.9. The van der Waals surface area contributed by atoms with E-state index in [1.807, 2.05) is 30.3 Å². The number of pyridine rings is 1. The molecular weight excluding hydrogens is 314 g/mol. The summed E-state index contributed by atoms with van der Waals surface area (Å²) < 4.78 is 1.00. The van der Waals surface area contributed by atoms with Crippen molar-refractivity contribution in [1.29, 1.82) is 0 Å². The Hall–Kier alpha value is -2.07. The fourth-order valence-corrected chi connectivity index (χ4v) is 2.51. The first-order valence-electron chi connectivity index (χ1n) is 6.31. The number of nitrogen functional groups attached to an aromatic ring is 1. The Labute approximate surface area is 126 Å². The molecule has 2 aromatic carbocycles. The predicted octanol–water partition coefficient (Wildman–Crippen LogP) is 4.63. The van der Waals surface area contributed by atoms with Gasteiger partial charge in [0.2, 0.25) is 0 Å². The van der Waals surface area contributed by atoms with Crippen LogP contribution < -0.4 is 11.1 Å². The van der Waals surface area contributed by atoms with Gasteiger partial charge in [-0.1, -0.05) is 24.3 Å². The summed E-state index contributed by atoms with van der Waals surface area (Å²) in [5.41, 5.74) is 10.7. The number of fused-ring (bicyclic) bond motifs is 1. The topological polar surface area (TPSA) is 50.9 Å². The Morgan fingerprint density at radius 2 is 1.95 bits per heavy atom. The maximum Gasteiger partial charge on any atom is 0.0746 e. The lowest BCUT2D eigenvalue weighted by molar-refractivity contribution is 1.39. The second-order valence-corrected chi connectivity index (χ2v) is 5.57. The summed E-state index contributed by atoms with van der Waals surface area (Å²) in [5, 5.41) is 4.43. The highest BCUT2D eigenvalue weighted by Gasteiger charge is 2.08. The van der Waals surface area contributed by atoms with Gasteiger partial charge in [-0.25, -0.2) is 0 Å². The van der Waals surface area contributed by atoms with Crippen LogP contribution in [0.4, 0.5) is 17.1 Å². The van der Waals surface area contributed by atoms with Gasteiger partial charge in [0, 0.05) is 9.86 Å². The molecule has 3 aromatic rings. The minimum absolute atomic E-state index is 0.636. The maximum absolute atomic E-state index is 6.08. The molecule has 1 heterocycles. The molecule has 0 aliphatic heterocycles. The second kappa shape index (κ2) is 5.13. The molecule has 0 aliphatic rings. The number of benzene rings is 2. The van der Waals surface area contributed by atoms with Gasteiger partial charge < -0.3 is 11.1 Å². The molecule has 100 valence electrons. The minimum Gasteiger partial charge on any atom is -0.396 e. The van der Waals surface area contributed by atoms with Crippen molar-refractivity contribution in [2.45, 2.75) is 6.92 Å². The standard InChI is InChI=1S/C16H14BrN3/c1-10-6-7-12(17)15(8-10)20-16-11-4-2-3-5-14(11)19-9-13(16)18/h2-9H,18H2,1H3,(H,19,20). The highest BCUT2D eigenvalue weighted by molar-refractivity contribution is 9.10. The molecular formula is C16H14BrN3. The molecule has 0 aliphatic carbocycles. The number of rotatable bonds is 2. The summed E-state index contributed by atoms with van der Waals surface area (Å²) in [6.45, 7) is 2.06. The lowest BCUT2D eigenvalue weighted by Gasteiger charge is -2.14. The van der Waals surface area contributed by atoms with Gasteiger partial charge in [-0.3, -0.25) is 4.98 Å². The van der Waals surface area contributed by atoms with E-state index >= 15 is 0 Å². The van der Waals surface area contributed by atoms with Crippen LogP contribution in [0.5, 0.6) is 0 Å². The molecule has 20 heavy (non-hydrogen) atoms. The van der Waals surface area contributed by atoms with Crippen LogP contribution in [0, 0.1) is 6.92 Å². The van der Waals surface area contributed by atoms with Gasteiger partial charge in [-0.05, 0) is 46.6 Å². The third-order valence-corrected chi connectivity index (χ3v) is 3.88. The zero-order valence-corrected chi connectivity index (χ0v) is 12.6. The molecule has 4 heteroatoms. The zero-order chi connectivity index (χ0) is 14.1. The highest BCUT2D eigenvalue weighted by Crippen LogP contribution is 2.33. The largest absolute Gasteiger partial charge is 0.396 e. The van der Waals surface area contributed by atoms with E-state index in [-0.39, 0.29) is 0 Å². The third-order valence-electron chi connectivity index (χ3n) is 3.19. The highest BCUT2D eigenvalue weighted by atomic mass is 79.9. The molecule has 3 rings (SSSR count). The molecule has 0 unspecified atom stereocenters. The van der Waals surface area contributed by atoms with Crippen LogP contribution in [0.3, 0.4) is 0 Å². The molecule has 0 saturated carbocycles. The Kier molecular flexibility index (Phi) is 3.32. The molecule has 3 nitrogen and oxygen atoms in total. The van der Waals surface area contributed by atoms with Crippen molar-refractivity contribution in [2.75, 3.05) is 11.1 Å². The van der Waals surface area contributed by atoms with E-state index in [2.05, 4.69) is 45.3 Å². The van der Waals surface area contributed by atoms with Crippen LogP contribution in [0.15, 0.2) is 53.1 Å². The smallest absolute Gasteiger partial charge is 0.0746 e. The van der Waals surface area contributed by atoms with Crippen LogP contribution in [-0.4, -0.2) is 4.98 Å². The van der Waals surface area contributed by atoms with Gasteiger partial charge in [0.1, 0.15) is 0 Å². The lowest BCUT2D eigenvalue weighted by atomic mass is 10.1.